The van der Waals surface area contributed by atoms with Crippen molar-refractivity contribution in [3.05, 3.63) is 40.3 Å². The third kappa shape index (κ3) is 3.42. The summed E-state index contributed by atoms with van der Waals surface area (Å²) in [5.41, 5.74) is 0.719. The molecule has 0 radical (unpaired) electrons. The van der Waals surface area contributed by atoms with Crippen LogP contribution in [0.3, 0.4) is 0 Å². The summed E-state index contributed by atoms with van der Waals surface area (Å²) in [4.78, 5) is 25.8. The van der Waals surface area contributed by atoms with E-state index >= 15 is 0 Å². The average molecular weight is 328 g/mol. The lowest BCUT2D eigenvalue weighted by Gasteiger charge is -2.31. The lowest BCUT2D eigenvalue weighted by molar-refractivity contribution is -0.383. The molecular formula is C16H20N6O2. The second-order valence-electron chi connectivity index (χ2n) is 6.13. The van der Waals surface area contributed by atoms with Crippen LogP contribution < -0.4 is 10.2 Å². The number of piperidine rings is 1. The van der Waals surface area contributed by atoms with Crippen LogP contribution in [0.2, 0.25) is 0 Å². The van der Waals surface area contributed by atoms with Gasteiger partial charge in [0.05, 0.1) is 4.92 Å². The molecule has 1 aliphatic heterocycles. The predicted octanol–water partition coefficient (Wildman–Crippen LogP) is 3.07. The van der Waals surface area contributed by atoms with Crippen LogP contribution in [0.25, 0.3) is 0 Å². The van der Waals surface area contributed by atoms with Crippen molar-refractivity contribution in [2.45, 2.75) is 26.7 Å². The Hall–Kier alpha value is -2.77. The van der Waals surface area contributed by atoms with Gasteiger partial charge in [-0.2, -0.15) is 0 Å². The lowest BCUT2D eigenvalue weighted by atomic mass is 10.0. The Balaban J connectivity index is 1.97. The Kier molecular flexibility index (Phi) is 4.54. The van der Waals surface area contributed by atoms with Gasteiger partial charge in [0.1, 0.15) is 12.1 Å². The first-order valence-electron chi connectivity index (χ1n) is 7.99. The van der Waals surface area contributed by atoms with Crippen LogP contribution in [0, 0.1) is 23.0 Å². The smallest absolute Gasteiger partial charge is 0.350 e. The van der Waals surface area contributed by atoms with Crippen molar-refractivity contribution in [2.24, 2.45) is 5.92 Å². The highest BCUT2D eigenvalue weighted by Crippen LogP contribution is 2.35. The zero-order valence-electron chi connectivity index (χ0n) is 13.8. The number of nitro groups is 1. The monoisotopic (exact) mass is 328 g/mol. The van der Waals surface area contributed by atoms with Crippen LogP contribution >= 0.6 is 0 Å². The van der Waals surface area contributed by atoms with E-state index in [2.05, 4.69) is 27.2 Å². The van der Waals surface area contributed by atoms with Crippen molar-refractivity contribution in [3.63, 3.8) is 0 Å². The van der Waals surface area contributed by atoms with E-state index in [1.54, 1.807) is 6.07 Å². The number of aromatic nitrogens is 3. The molecule has 1 unspecified atom stereocenters. The highest BCUT2D eigenvalue weighted by Gasteiger charge is 2.29. The standard InChI is InChI=1S/C16H20N6O2/c1-11-5-4-8-21(9-11)16-14(22(23)24)15(17-10-18-16)20-13-7-3-6-12(2)19-13/h3,6-7,10-11H,4-5,8-9H2,1-2H3,(H,17,18,19,20). The fraction of sp³-hybridized carbons (Fsp3) is 0.438. The molecule has 1 saturated heterocycles. The average Bonchev–Trinajstić information content (AvgIpc) is 2.54. The highest BCUT2D eigenvalue weighted by molar-refractivity contribution is 5.73. The Morgan fingerprint density at radius 1 is 1.38 bits per heavy atom. The van der Waals surface area contributed by atoms with E-state index in [9.17, 15) is 10.1 Å². The second kappa shape index (κ2) is 6.77. The quantitative estimate of drug-likeness (QED) is 0.680. The van der Waals surface area contributed by atoms with E-state index in [4.69, 9.17) is 0 Å². The maximum Gasteiger partial charge on any atom is 0.353 e. The number of nitrogens with one attached hydrogen (secondary N) is 1. The number of anilines is 3. The van der Waals surface area contributed by atoms with Gasteiger partial charge in [0.2, 0.25) is 11.6 Å². The zero-order valence-corrected chi connectivity index (χ0v) is 13.8. The van der Waals surface area contributed by atoms with E-state index in [-0.39, 0.29) is 11.5 Å². The Morgan fingerprint density at radius 3 is 2.92 bits per heavy atom. The van der Waals surface area contributed by atoms with Gasteiger partial charge in [0, 0.05) is 18.8 Å². The molecular weight excluding hydrogens is 308 g/mol. The Bertz CT molecular complexity index is 751. The van der Waals surface area contributed by atoms with E-state index in [1.807, 2.05) is 24.0 Å². The van der Waals surface area contributed by atoms with Gasteiger partial charge in [-0.05, 0) is 37.8 Å². The number of hydrogen-bond donors (Lipinski definition) is 1. The molecule has 1 aliphatic rings. The molecule has 1 N–H and O–H groups in total. The Labute approximate surface area is 140 Å². The minimum absolute atomic E-state index is 0.102. The first-order valence-corrected chi connectivity index (χ1v) is 7.99. The SMILES string of the molecule is Cc1cccc(Nc2ncnc(N3CCCC(C)C3)c2[N+](=O)[O-])n1. The number of pyridine rings is 1. The fourth-order valence-corrected chi connectivity index (χ4v) is 2.98. The third-order valence-corrected chi connectivity index (χ3v) is 4.08. The second-order valence-corrected chi connectivity index (χ2v) is 6.13. The molecule has 0 saturated carbocycles. The van der Waals surface area contributed by atoms with E-state index in [0.29, 0.717) is 17.6 Å². The molecule has 2 aromatic heterocycles. The van der Waals surface area contributed by atoms with E-state index < -0.39 is 4.92 Å². The van der Waals surface area contributed by atoms with Crippen molar-refractivity contribution in [1.29, 1.82) is 0 Å². The van der Waals surface area contributed by atoms with Crippen LogP contribution in [0.4, 0.5) is 23.1 Å². The molecule has 0 spiro atoms. The minimum atomic E-state index is -0.424. The summed E-state index contributed by atoms with van der Waals surface area (Å²) in [6.45, 7) is 5.54. The largest absolute Gasteiger partial charge is 0.353 e. The van der Waals surface area contributed by atoms with E-state index in [0.717, 1.165) is 31.6 Å². The van der Waals surface area contributed by atoms with Gasteiger partial charge in [-0.25, -0.2) is 15.0 Å². The topological polar surface area (TPSA) is 97.1 Å². The zero-order chi connectivity index (χ0) is 17.1. The van der Waals surface area contributed by atoms with Crippen molar-refractivity contribution >= 4 is 23.1 Å². The molecule has 0 aliphatic carbocycles. The molecule has 126 valence electrons. The maximum absolute atomic E-state index is 11.7. The minimum Gasteiger partial charge on any atom is -0.350 e. The summed E-state index contributed by atoms with van der Waals surface area (Å²) < 4.78 is 0. The Morgan fingerprint density at radius 2 is 2.21 bits per heavy atom. The summed E-state index contributed by atoms with van der Waals surface area (Å²) in [7, 11) is 0. The van der Waals surface area contributed by atoms with Crippen molar-refractivity contribution in [2.75, 3.05) is 23.3 Å². The van der Waals surface area contributed by atoms with Gasteiger partial charge in [-0.3, -0.25) is 10.1 Å². The van der Waals surface area contributed by atoms with Crippen LogP contribution in [-0.2, 0) is 0 Å². The summed E-state index contributed by atoms with van der Waals surface area (Å²) in [5, 5.41) is 14.6. The fourth-order valence-electron chi connectivity index (χ4n) is 2.98. The molecule has 3 heterocycles. The molecule has 8 heteroatoms. The van der Waals surface area contributed by atoms with Gasteiger partial charge in [0.15, 0.2) is 0 Å². The van der Waals surface area contributed by atoms with Gasteiger partial charge in [-0.15, -0.1) is 0 Å². The highest BCUT2D eigenvalue weighted by atomic mass is 16.6. The summed E-state index contributed by atoms with van der Waals surface area (Å²) in [6, 6.07) is 5.45. The lowest BCUT2D eigenvalue weighted by Crippen LogP contribution is -2.35. The van der Waals surface area contributed by atoms with Crippen LogP contribution in [0.5, 0.6) is 0 Å². The summed E-state index contributed by atoms with van der Waals surface area (Å²) in [5.74, 6) is 1.55. The first kappa shape index (κ1) is 16.1. The summed E-state index contributed by atoms with van der Waals surface area (Å²) >= 11 is 0. The predicted molar refractivity (Wildman–Crippen MR) is 91.6 cm³/mol. The maximum atomic E-state index is 11.7. The van der Waals surface area contributed by atoms with Gasteiger partial charge in [-0.1, -0.05) is 13.0 Å². The van der Waals surface area contributed by atoms with Gasteiger partial charge >= 0.3 is 5.69 Å². The van der Waals surface area contributed by atoms with Crippen LogP contribution in [0.15, 0.2) is 24.5 Å². The molecule has 24 heavy (non-hydrogen) atoms. The number of aryl methyl sites for hydroxylation is 1. The molecule has 1 fully saturated rings. The number of rotatable bonds is 4. The molecule has 0 amide bonds. The first-order chi connectivity index (χ1) is 11.5. The molecule has 8 nitrogen and oxygen atoms in total. The molecule has 3 rings (SSSR count). The summed E-state index contributed by atoms with van der Waals surface area (Å²) in [6.07, 6.45) is 3.50. The number of nitrogens with zero attached hydrogens (tertiary/aromatic N) is 5. The molecule has 0 bridgehead atoms. The molecule has 1 atom stereocenters. The molecule has 2 aromatic rings. The number of hydrogen-bond acceptors (Lipinski definition) is 7. The van der Waals surface area contributed by atoms with Crippen LogP contribution in [-0.4, -0.2) is 33.0 Å². The normalized spacial score (nSPS) is 17.6. The van der Waals surface area contributed by atoms with Gasteiger partial charge in [0.25, 0.3) is 0 Å². The van der Waals surface area contributed by atoms with E-state index in [1.165, 1.54) is 6.33 Å². The van der Waals surface area contributed by atoms with Crippen LogP contribution in [0.1, 0.15) is 25.5 Å². The van der Waals surface area contributed by atoms with Crippen molar-refractivity contribution in [3.8, 4) is 0 Å². The van der Waals surface area contributed by atoms with Crippen molar-refractivity contribution < 1.29 is 4.92 Å². The van der Waals surface area contributed by atoms with Crippen molar-refractivity contribution in [1.82, 2.24) is 15.0 Å². The molecule has 0 aromatic carbocycles. The van der Waals surface area contributed by atoms with Gasteiger partial charge < -0.3 is 10.2 Å². The third-order valence-electron chi connectivity index (χ3n) is 4.08.